The second kappa shape index (κ2) is 9.43. The van der Waals surface area contributed by atoms with E-state index in [0.29, 0.717) is 16.5 Å². The van der Waals surface area contributed by atoms with Gasteiger partial charge in [-0.3, -0.25) is 14.9 Å². The Morgan fingerprint density at radius 3 is 2.67 bits per heavy atom. The Labute approximate surface area is 181 Å². The minimum absolute atomic E-state index is 0.179. The molecule has 0 spiro atoms. The lowest BCUT2D eigenvalue weighted by atomic mass is 9.88. The third kappa shape index (κ3) is 5.08. The van der Waals surface area contributed by atoms with Crippen molar-refractivity contribution < 1.29 is 19.1 Å². The van der Waals surface area contributed by atoms with Gasteiger partial charge in [-0.1, -0.05) is 25.1 Å². The van der Waals surface area contributed by atoms with Crippen molar-refractivity contribution in [3.63, 3.8) is 0 Å². The molecule has 1 heterocycles. The molecule has 0 bridgehead atoms. The first-order valence-corrected chi connectivity index (χ1v) is 11.1. The van der Waals surface area contributed by atoms with Crippen LogP contribution in [0.25, 0.3) is 0 Å². The Morgan fingerprint density at radius 1 is 1.20 bits per heavy atom. The van der Waals surface area contributed by atoms with Crippen molar-refractivity contribution in [3.8, 4) is 0 Å². The van der Waals surface area contributed by atoms with E-state index < -0.39 is 12.0 Å². The fourth-order valence-electron chi connectivity index (χ4n) is 3.67. The summed E-state index contributed by atoms with van der Waals surface area (Å²) in [4.78, 5) is 38.4. The number of hydrogen-bond acceptors (Lipinski definition) is 5. The lowest BCUT2D eigenvalue weighted by Crippen LogP contribution is -2.32. The number of rotatable bonds is 5. The quantitative estimate of drug-likeness (QED) is 0.731. The number of amides is 3. The van der Waals surface area contributed by atoms with Crippen molar-refractivity contribution in [2.24, 2.45) is 5.92 Å². The van der Waals surface area contributed by atoms with E-state index in [2.05, 4.69) is 17.6 Å². The SMILES string of the molecule is CCOC(=O)NC(=O)c1c(NC(=O)Cc2ccc(C)c(C)c2)sc2c1CCC(C)C2. The highest BCUT2D eigenvalue weighted by Crippen LogP contribution is 2.39. The van der Waals surface area contributed by atoms with Crippen LogP contribution in [-0.4, -0.2) is 24.5 Å². The average Bonchev–Trinajstić information content (AvgIpc) is 3.01. The molecule has 1 unspecified atom stereocenters. The van der Waals surface area contributed by atoms with Gasteiger partial charge >= 0.3 is 6.09 Å². The number of ether oxygens (including phenoxy) is 1. The highest BCUT2D eigenvalue weighted by molar-refractivity contribution is 7.17. The molecule has 6 nitrogen and oxygen atoms in total. The molecular formula is C23H28N2O4S. The topological polar surface area (TPSA) is 84.5 Å². The molecule has 7 heteroatoms. The van der Waals surface area contributed by atoms with Crippen LogP contribution in [0.4, 0.5) is 9.80 Å². The van der Waals surface area contributed by atoms with E-state index in [1.165, 1.54) is 16.9 Å². The van der Waals surface area contributed by atoms with E-state index in [0.717, 1.165) is 40.8 Å². The third-order valence-electron chi connectivity index (χ3n) is 5.42. The molecule has 160 valence electrons. The lowest BCUT2D eigenvalue weighted by molar-refractivity contribution is -0.115. The normalized spacial score (nSPS) is 15.3. The number of fused-ring (bicyclic) bond motifs is 1. The zero-order chi connectivity index (χ0) is 21.8. The predicted octanol–water partition coefficient (Wildman–Crippen LogP) is 4.56. The monoisotopic (exact) mass is 428 g/mol. The zero-order valence-corrected chi connectivity index (χ0v) is 18.7. The number of nitrogens with one attached hydrogen (secondary N) is 2. The van der Waals surface area contributed by atoms with Gasteiger partial charge in [0.2, 0.25) is 5.91 Å². The van der Waals surface area contributed by atoms with Gasteiger partial charge in [-0.05, 0) is 68.2 Å². The molecule has 2 aromatic rings. The minimum Gasteiger partial charge on any atom is -0.450 e. The third-order valence-corrected chi connectivity index (χ3v) is 6.59. The van der Waals surface area contributed by atoms with E-state index in [9.17, 15) is 14.4 Å². The standard InChI is InChI=1S/C23H28N2O4S/c1-5-29-23(28)25-21(27)20-17-9-6-13(2)10-18(17)30-22(20)24-19(26)12-16-8-7-14(3)15(4)11-16/h7-8,11,13H,5-6,9-10,12H2,1-4H3,(H,24,26)(H,25,27,28). The van der Waals surface area contributed by atoms with Crippen LogP contribution in [0.1, 0.15) is 57.8 Å². The average molecular weight is 429 g/mol. The largest absolute Gasteiger partial charge is 0.450 e. The Morgan fingerprint density at radius 2 is 1.97 bits per heavy atom. The second-order valence-electron chi connectivity index (χ2n) is 7.87. The van der Waals surface area contributed by atoms with Gasteiger partial charge in [0.05, 0.1) is 18.6 Å². The molecule has 0 aliphatic heterocycles. The number of carbonyl (C=O) groups excluding carboxylic acids is 3. The molecule has 3 amide bonds. The fraction of sp³-hybridized carbons (Fsp3) is 0.435. The van der Waals surface area contributed by atoms with Crippen molar-refractivity contribution in [1.82, 2.24) is 5.32 Å². The minimum atomic E-state index is -0.779. The molecule has 0 radical (unpaired) electrons. The maximum atomic E-state index is 12.8. The number of benzene rings is 1. The van der Waals surface area contributed by atoms with Gasteiger partial charge < -0.3 is 10.1 Å². The number of imide groups is 1. The molecule has 1 aliphatic rings. The second-order valence-corrected chi connectivity index (χ2v) is 8.98. The van der Waals surface area contributed by atoms with Crippen LogP contribution in [0.15, 0.2) is 18.2 Å². The molecule has 30 heavy (non-hydrogen) atoms. The first-order valence-electron chi connectivity index (χ1n) is 10.3. The van der Waals surface area contributed by atoms with E-state index in [1.807, 2.05) is 32.0 Å². The molecule has 1 aliphatic carbocycles. The summed E-state index contributed by atoms with van der Waals surface area (Å²) >= 11 is 1.43. The summed E-state index contributed by atoms with van der Waals surface area (Å²) in [5.74, 6) is -0.187. The summed E-state index contributed by atoms with van der Waals surface area (Å²) in [7, 11) is 0. The van der Waals surface area contributed by atoms with Crippen LogP contribution < -0.4 is 10.6 Å². The molecule has 0 saturated heterocycles. The van der Waals surface area contributed by atoms with Gasteiger partial charge in [0.1, 0.15) is 5.00 Å². The van der Waals surface area contributed by atoms with Crippen molar-refractivity contribution in [2.75, 3.05) is 11.9 Å². The van der Waals surface area contributed by atoms with Gasteiger partial charge in [0.25, 0.3) is 5.91 Å². The molecule has 1 aromatic carbocycles. The van der Waals surface area contributed by atoms with Gasteiger partial charge in [-0.25, -0.2) is 4.79 Å². The molecule has 0 fully saturated rings. The zero-order valence-electron chi connectivity index (χ0n) is 17.9. The summed E-state index contributed by atoms with van der Waals surface area (Å²) in [5, 5.41) is 5.70. The Balaban J connectivity index is 1.83. The van der Waals surface area contributed by atoms with Crippen LogP contribution in [0.2, 0.25) is 0 Å². The van der Waals surface area contributed by atoms with E-state index >= 15 is 0 Å². The Hall–Kier alpha value is -2.67. The van der Waals surface area contributed by atoms with Crippen LogP contribution in [0.3, 0.4) is 0 Å². The molecule has 1 atom stereocenters. The highest BCUT2D eigenvalue weighted by atomic mass is 32.1. The molecule has 1 aromatic heterocycles. The molecule has 2 N–H and O–H groups in total. The summed E-state index contributed by atoms with van der Waals surface area (Å²) in [6.07, 6.45) is 2.04. The summed E-state index contributed by atoms with van der Waals surface area (Å²) in [6.45, 7) is 8.08. The van der Waals surface area contributed by atoms with Crippen molar-refractivity contribution in [2.45, 2.75) is 53.4 Å². The molecular weight excluding hydrogens is 400 g/mol. The van der Waals surface area contributed by atoms with E-state index in [1.54, 1.807) is 6.92 Å². The van der Waals surface area contributed by atoms with Crippen molar-refractivity contribution >= 4 is 34.2 Å². The Bertz CT molecular complexity index is 980. The Kier molecular flexibility index (Phi) is 6.92. The first kappa shape index (κ1) is 22.0. The highest BCUT2D eigenvalue weighted by Gasteiger charge is 2.29. The van der Waals surface area contributed by atoms with Crippen molar-refractivity contribution in [1.29, 1.82) is 0 Å². The predicted molar refractivity (Wildman–Crippen MR) is 118 cm³/mol. The number of hydrogen-bond donors (Lipinski definition) is 2. The van der Waals surface area contributed by atoms with Crippen LogP contribution in [0, 0.1) is 19.8 Å². The van der Waals surface area contributed by atoms with Crippen LogP contribution in [0.5, 0.6) is 0 Å². The summed E-state index contributed by atoms with van der Waals surface area (Å²) in [5.41, 5.74) is 4.56. The summed E-state index contributed by atoms with van der Waals surface area (Å²) in [6, 6.07) is 5.95. The number of anilines is 1. The summed E-state index contributed by atoms with van der Waals surface area (Å²) < 4.78 is 4.84. The number of carbonyl (C=O) groups is 3. The fourth-order valence-corrected chi connectivity index (χ4v) is 5.10. The smallest absolute Gasteiger partial charge is 0.414 e. The maximum absolute atomic E-state index is 12.8. The van der Waals surface area contributed by atoms with E-state index in [4.69, 9.17) is 4.74 Å². The lowest BCUT2D eigenvalue weighted by Gasteiger charge is -2.18. The van der Waals surface area contributed by atoms with Crippen molar-refractivity contribution in [3.05, 3.63) is 50.9 Å². The van der Waals surface area contributed by atoms with Crippen LogP contribution >= 0.6 is 11.3 Å². The van der Waals surface area contributed by atoms with Gasteiger partial charge in [0.15, 0.2) is 0 Å². The molecule has 0 saturated carbocycles. The van der Waals surface area contributed by atoms with Gasteiger partial charge in [0, 0.05) is 4.88 Å². The number of aryl methyl sites for hydroxylation is 2. The number of alkyl carbamates (subject to hydrolysis) is 1. The molecule has 3 rings (SSSR count). The van der Waals surface area contributed by atoms with Crippen LogP contribution in [-0.2, 0) is 28.8 Å². The maximum Gasteiger partial charge on any atom is 0.414 e. The van der Waals surface area contributed by atoms with Gasteiger partial charge in [-0.2, -0.15) is 0 Å². The number of thiophene rings is 1. The van der Waals surface area contributed by atoms with Gasteiger partial charge in [-0.15, -0.1) is 11.3 Å². The van der Waals surface area contributed by atoms with E-state index in [-0.39, 0.29) is 18.9 Å². The first-order chi connectivity index (χ1) is 14.3.